The number of hydrogen-bond donors (Lipinski definition) is 1. The number of para-hydroxylation sites is 1. The third-order valence-corrected chi connectivity index (χ3v) is 5.89. The van der Waals surface area contributed by atoms with Crippen LogP contribution < -0.4 is 15.6 Å². The van der Waals surface area contributed by atoms with Crippen LogP contribution in [0.25, 0.3) is 16.6 Å². The van der Waals surface area contributed by atoms with E-state index >= 15 is 0 Å². The topological polar surface area (TPSA) is 112 Å². The minimum absolute atomic E-state index is 0.0232. The summed E-state index contributed by atoms with van der Waals surface area (Å²) in [5, 5.41) is 11.4. The smallest absolute Gasteiger partial charge is 0.322 e. The lowest BCUT2D eigenvalue weighted by molar-refractivity contribution is -0.113. The fourth-order valence-electron chi connectivity index (χ4n) is 3.04. The Morgan fingerprint density at radius 3 is 2.73 bits per heavy atom. The van der Waals surface area contributed by atoms with E-state index in [4.69, 9.17) is 20.8 Å². The molecular formula is C22H20ClN5O4S. The third kappa shape index (κ3) is 4.86. The highest BCUT2D eigenvalue weighted by Crippen LogP contribution is 2.28. The van der Waals surface area contributed by atoms with E-state index in [1.807, 2.05) is 13.8 Å². The van der Waals surface area contributed by atoms with Gasteiger partial charge in [-0.1, -0.05) is 54.4 Å². The SMILES string of the molecule is COc1ccc(-n2c(SCC(=O)Nc3nnc(C(C)C)o3)nc3ccccc3c2=O)cc1Cl. The average Bonchev–Trinajstić information content (AvgIpc) is 3.26. The summed E-state index contributed by atoms with van der Waals surface area (Å²) in [6.07, 6.45) is 0. The van der Waals surface area contributed by atoms with E-state index in [0.29, 0.717) is 38.4 Å². The maximum absolute atomic E-state index is 13.3. The summed E-state index contributed by atoms with van der Waals surface area (Å²) in [5.74, 6) is 0.551. The Morgan fingerprint density at radius 2 is 2.03 bits per heavy atom. The van der Waals surface area contributed by atoms with Crippen molar-refractivity contribution in [2.45, 2.75) is 24.9 Å². The molecule has 0 unspecified atom stereocenters. The molecular weight excluding hydrogens is 466 g/mol. The summed E-state index contributed by atoms with van der Waals surface area (Å²) in [5.41, 5.74) is 0.758. The first kappa shape index (κ1) is 22.8. The predicted molar refractivity (Wildman–Crippen MR) is 127 cm³/mol. The van der Waals surface area contributed by atoms with Gasteiger partial charge in [-0.25, -0.2) is 4.98 Å². The standard InChI is InChI=1S/C22H20ClN5O4S/c1-12(2)19-26-27-21(32-19)25-18(29)11-33-22-24-16-7-5-4-6-14(16)20(30)28(22)13-8-9-17(31-3)15(23)10-13/h4-10,12H,11H2,1-3H3,(H,25,27,29). The molecule has 0 fully saturated rings. The fraction of sp³-hybridized carbons (Fsp3) is 0.227. The van der Waals surface area contributed by atoms with Gasteiger partial charge in [-0.2, -0.15) is 0 Å². The molecule has 2 aromatic heterocycles. The fourth-order valence-corrected chi connectivity index (χ4v) is 4.10. The van der Waals surface area contributed by atoms with Crippen LogP contribution in [0, 0.1) is 0 Å². The minimum Gasteiger partial charge on any atom is -0.495 e. The zero-order valence-corrected chi connectivity index (χ0v) is 19.6. The van der Waals surface area contributed by atoms with Crippen LogP contribution in [-0.2, 0) is 4.79 Å². The Labute approximate surface area is 198 Å². The molecule has 0 bridgehead atoms. The normalized spacial score (nSPS) is 11.2. The van der Waals surface area contributed by atoms with Crippen molar-refractivity contribution in [3.05, 3.63) is 63.7 Å². The van der Waals surface area contributed by atoms with E-state index in [0.717, 1.165) is 11.8 Å². The molecule has 0 atom stereocenters. The lowest BCUT2D eigenvalue weighted by Gasteiger charge is -2.14. The second-order valence-electron chi connectivity index (χ2n) is 7.31. The monoisotopic (exact) mass is 485 g/mol. The molecule has 0 aliphatic carbocycles. The molecule has 33 heavy (non-hydrogen) atoms. The Hall–Kier alpha value is -3.37. The molecule has 2 aromatic carbocycles. The van der Waals surface area contributed by atoms with Crippen LogP contribution in [0.3, 0.4) is 0 Å². The summed E-state index contributed by atoms with van der Waals surface area (Å²) in [6, 6.07) is 12.0. The molecule has 0 aliphatic rings. The third-order valence-electron chi connectivity index (χ3n) is 4.65. The highest BCUT2D eigenvalue weighted by atomic mass is 35.5. The van der Waals surface area contributed by atoms with Crippen LogP contribution in [0.2, 0.25) is 5.02 Å². The number of carbonyl (C=O) groups excluding carboxylic acids is 1. The van der Waals surface area contributed by atoms with Crippen molar-refractivity contribution in [3.8, 4) is 11.4 Å². The van der Waals surface area contributed by atoms with E-state index in [1.54, 1.807) is 42.5 Å². The van der Waals surface area contributed by atoms with Crippen LogP contribution in [-0.4, -0.2) is 38.5 Å². The second-order valence-corrected chi connectivity index (χ2v) is 8.66. The van der Waals surface area contributed by atoms with Gasteiger partial charge in [0.25, 0.3) is 5.56 Å². The Bertz CT molecular complexity index is 1380. The average molecular weight is 486 g/mol. The predicted octanol–water partition coefficient (Wildman–Crippen LogP) is 4.28. The molecule has 1 N–H and O–H groups in total. The van der Waals surface area contributed by atoms with Gasteiger partial charge >= 0.3 is 6.01 Å². The highest BCUT2D eigenvalue weighted by molar-refractivity contribution is 7.99. The number of amides is 1. The highest BCUT2D eigenvalue weighted by Gasteiger charge is 2.17. The number of nitrogens with zero attached hydrogens (tertiary/aromatic N) is 4. The van der Waals surface area contributed by atoms with Crippen LogP contribution in [0.1, 0.15) is 25.7 Å². The van der Waals surface area contributed by atoms with Gasteiger partial charge in [0, 0.05) is 5.92 Å². The maximum atomic E-state index is 13.3. The lowest BCUT2D eigenvalue weighted by Crippen LogP contribution is -2.23. The minimum atomic E-state index is -0.374. The molecule has 2 heterocycles. The summed E-state index contributed by atoms with van der Waals surface area (Å²) in [7, 11) is 1.51. The lowest BCUT2D eigenvalue weighted by atomic mass is 10.2. The van der Waals surface area contributed by atoms with Crippen molar-refractivity contribution in [2.24, 2.45) is 0 Å². The number of thioether (sulfide) groups is 1. The molecule has 0 radical (unpaired) electrons. The molecule has 9 nitrogen and oxygen atoms in total. The zero-order valence-electron chi connectivity index (χ0n) is 18.0. The quantitative estimate of drug-likeness (QED) is 0.305. The largest absolute Gasteiger partial charge is 0.495 e. The summed E-state index contributed by atoms with van der Waals surface area (Å²) < 4.78 is 12.0. The van der Waals surface area contributed by atoms with E-state index in [2.05, 4.69) is 20.5 Å². The molecule has 1 amide bonds. The first-order chi connectivity index (χ1) is 15.9. The summed E-state index contributed by atoms with van der Waals surface area (Å²) in [4.78, 5) is 30.4. The van der Waals surface area contributed by atoms with Crippen LogP contribution in [0.4, 0.5) is 6.01 Å². The number of benzene rings is 2. The number of halogens is 1. The van der Waals surface area contributed by atoms with Crippen molar-refractivity contribution < 1.29 is 13.9 Å². The summed E-state index contributed by atoms with van der Waals surface area (Å²) in [6.45, 7) is 3.82. The van der Waals surface area contributed by atoms with Crippen LogP contribution >= 0.6 is 23.4 Å². The molecule has 170 valence electrons. The number of aromatic nitrogens is 4. The van der Waals surface area contributed by atoms with Gasteiger partial charge in [-0.3, -0.25) is 19.5 Å². The molecule has 0 saturated heterocycles. The molecule has 4 rings (SSSR count). The second kappa shape index (κ2) is 9.63. The summed E-state index contributed by atoms with van der Waals surface area (Å²) >= 11 is 7.39. The number of methoxy groups -OCH3 is 1. The van der Waals surface area contributed by atoms with Crippen molar-refractivity contribution in [1.29, 1.82) is 0 Å². The number of carbonyl (C=O) groups is 1. The molecule has 0 aliphatic heterocycles. The Kier molecular flexibility index (Phi) is 6.66. The van der Waals surface area contributed by atoms with E-state index < -0.39 is 0 Å². The van der Waals surface area contributed by atoms with Crippen molar-refractivity contribution in [2.75, 3.05) is 18.2 Å². The molecule has 11 heteroatoms. The van der Waals surface area contributed by atoms with Crippen molar-refractivity contribution >= 4 is 46.2 Å². The number of hydrogen-bond acceptors (Lipinski definition) is 8. The number of rotatable bonds is 7. The zero-order chi connectivity index (χ0) is 23.5. The molecule has 0 spiro atoms. The molecule has 0 saturated carbocycles. The molecule has 4 aromatic rings. The van der Waals surface area contributed by atoms with E-state index in [9.17, 15) is 9.59 Å². The Balaban J connectivity index is 1.66. The van der Waals surface area contributed by atoms with Gasteiger partial charge in [-0.15, -0.1) is 5.10 Å². The van der Waals surface area contributed by atoms with Crippen molar-refractivity contribution in [3.63, 3.8) is 0 Å². The maximum Gasteiger partial charge on any atom is 0.322 e. The van der Waals surface area contributed by atoms with Gasteiger partial charge in [0.15, 0.2) is 5.16 Å². The van der Waals surface area contributed by atoms with Gasteiger partial charge < -0.3 is 9.15 Å². The van der Waals surface area contributed by atoms with E-state index in [1.165, 1.54) is 11.7 Å². The first-order valence-corrected chi connectivity index (χ1v) is 11.4. The Morgan fingerprint density at radius 1 is 1.24 bits per heavy atom. The van der Waals surface area contributed by atoms with Gasteiger partial charge in [0.05, 0.1) is 34.5 Å². The van der Waals surface area contributed by atoms with E-state index in [-0.39, 0.29) is 29.2 Å². The van der Waals surface area contributed by atoms with Gasteiger partial charge in [0.1, 0.15) is 5.75 Å². The van der Waals surface area contributed by atoms with Gasteiger partial charge in [0.2, 0.25) is 11.8 Å². The van der Waals surface area contributed by atoms with Crippen LogP contribution in [0.15, 0.2) is 56.8 Å². The number of anilines is 1. The van der Waals surface area contributed by atoms with Gasteiger partial charge in [-0.05, 0) is 30.3 Å². The first-order valence-electron chi connectivity index (χ1n) is 9.99. The number of fused-ring (bicyclic) bond motifs is 1. The van der Waals surface area contributed by atoms with Crippen LogP contribution in [0.5, 0.6) is 5.75 Å². The van der Waals surface area contributed by atoms with Crippen molar-refractivity contribution in [1.82, 2.24) is 19.7 Å². The number of ether oxygens (including phenoxy) is 1. The number of nitrogens with one attached hydrogen (secondary N) is 1.